The van der Waals surface area contributed by atoms with Gasteiger partial charge in [-0.3, -0.25) is 0 Å². The molecule has 2 fully saturated rings. The van der Waals surface area contributed by atoms with Gasteiger partial charge in [-0.2, -0.15) is 12.6 Å². The number of halogens is 1. The van der Waals surface area contributed by atoms with Gasteiger partial charge in [-0.1, -0.05) is 11.3 Å². The first-order chi connectivity index (χ1) is 21.0. The number of ether oxygens (including phenoxy) is 3. The number of benzene rings is 2. The number of nitrogens with zero attached hydrogens (tertiary/aromatic N) is 4. The number of anilines is 3. The van der Waals surface area contributed by atoms with E-state index in [-0.39, 0.29) is 11.9 Å². The summed E-state index contributed by atoms with van der Waals surface area (Å²) in [6.45, 7) is 2.84. The van der Waals surface area contributed by atoms with E-state index in [9.17, 15) is 0 Å². The molecule has 4 aromatic rings. The maximum absolute atomic E-state index is 15.1. The predicted molar refractivity (Wildman–Crippen MR) is 172 cm³/mol. The number of aromatic nitrogens is 3. The molecule has 0 unspecified atom stereocenters. The van der Waals surface area contributed by atoms with Crippen LogP contribution in [-0.2, 0) is 0 Å². The number of piperidine rings is 1. The Kier molecular flexibility index (Phi) is 9.15. The molecule has 2 aromatic carbocycles. The molecule has 2 N–H and O–H groups in total. The van der Waals surface area contributed by atoms with E-state index in [0.717, 1.165) is 72.3 Å². The fraction of sp³-hybridized carbons (Fsp3) is 0.387. The van der Waals surface area contributed by atoms with Crippen molar-refractivity contribution in [3.8, 4) is 39.1 Å². The van der Waals surface area contributed by atoms with Crippen molar-refractivity contribution in [2.75, 3.05) is 50.2 Å². The average Bonchev–Trinajstić information content (AvgIpc) is 3.74. The van der Waals surface area contributed by atoms with E-state index in [1.54, 1.807) is 32.5 Å². The van der Waals surface area contributed by atoms with Crippen LogP contribution in [0.3, 0.4) is 0 Å². The minimum atomic E-state index is -0.425. The Morgan fingerprint density at radius 2 is 1.77 bits per heavy atom. The molecule has 43 heavy (non-hydrogen) atoms. The fourth-order valence-electron chi connectivity index (χ4n) is 5.02. The Morgan fingerprint density at radius 3 is 2.44 bits per heavy atom. The summed E-state index contributed by atoms with van der Waals surface area (Å²) < 4.78 is 32.1. The zero-order valence-corrected chi connectivity index (χ0v) is 25.9. The van der Waals surface area contributed by atoms with E-state index in [2.05, 4.69) is 33.1 Å². The molecule has 0 atom stereocenters. The third-order valence-electron chi connectivity index (χ3n) is 7.48. The van der Waals surface area contributed by atoms with Crippen molar-refractivity contribution in [3.63, 3.8) is 0 Å². The summed E-state index contributed by atoms with van der Waals surface area (Å²) in [6.07, 6.45) is 5.69. The number of thiol groups is 1. The highest BCUT2D eigenvalue weighted by atomic mass is 32.1. The molecular formula is C31H35FN6O3S2. The molecule has 2 aliphatic rings. The lowest BCUT2D eigenvalue weighted by molar-refractivity contribution is 0.101. The third-order valence-corrected chi connectivity index (χ3v) is 8.69. The van der Waals surface area contributed by atoms with Gasteiger partial charge in [0, 0.05) is 61.0 Å². The molecule has 0 amide bonds. The molecule has 2 aromatic heterocycles. The number of rotatable bonds is 12. The molecule has 226 valence electrons. The molecule has 0 spiro atoms. The molecular weight excluding hydrogens is 588 g/mol. The standard InChI is InChI=1S/C31H35FN6O3S2/c1-39-23-15-19(16-24(18-23)40-2)28-29(43-31(37-28)35-20-3-4-20)26-7-10-33-30(36-26)34-21-5-6-27(25(32)17-21)41-22-8-11-38(12-9-22)13-14-42/h5-7,10,15-18,20,22,42H,3-4,8-9,11-14H2,1-2H3,(H,35,37)(H,33,34,36). The first-order valence-corrected chi connectivity index (χ1v) is 15.9. The monoisotopic (exact) mass is 622 g/mol. The number of hydrogen-bond acceptors (Lipinski definition) is 11. The van der Waals surface area contributed by atoms with Crippen molar-refractivity contribution >= 4 is 40.7 Å². The number of thiazole rings is 1. The SMILES string of the molecule is COc1cc(OC)cc(-c2nc(NC3CC3)sc2-c2ccnc(Nc3ccc(OC4CCN(CCS)CC4)c(F)c3)n2)c1. The molecule has 1 saturated heterocycles. The van der Waals surface area contributed by atoms with Crippen LogP contribution in [0.4, 0.5) is 21.2 Å². The third kappa shape index (κ3) is 7.31. The second kappa shape index (κ2) is 13.4. The highest BCUT2D eigenvalue weighted by molar-refractivity contribution is 7.80. The minimum Gasteiger partial charge on any atom is -0.497 e. The number of hydrogen-bond donors (Lipinski definition) is 3. The summed E-state index contributed by atoms with van der Waals surface area (Å²) in [7, 11) is 3.25. The van der Waals surface area contributed by atoms with Gasteiger partial charge >= 0.3 is 0 Å². The van der Waals surface area contributed by atoms with Gasteiger partial charge in [-0.15, -0.1) is 0 Å². The first-order valence-electron chi connectivity index (χ1n) is 14.4. The molecule has 1 aliphatic heterocycles. The Morgan fingerprint density at radius 1 is 1.00 bits per heavy atom. The summed E-state index contributed by atoms with van der Waals surface area (Å²) >= 11 is 5.85. The van der Waals surface area contributed by atoms with E-state index in [1.165, 1.54) is 17.4 Å². The van der Waals surface area contributed by atoms with Gasteiger partial charge in [0.05, 0.1) is 30.5 Å². The summed E-state index contributed by atoms with van der Waals surface area (Å²) in [6, 6.07) is 12.8. The van der Waals surface area contributed by atoms with Crippen LogP contribution in [0.5, 0.6) is 17.2 Å². The topological polar surface area (TPSA) is 93.7 Å². The highest BCUT2D eigenvalue weighted by Crippen LogP contribution is 2.42. The van der Waals surface area contributed by atoms with Crippen LogP contribution in [0, 0.1) is 5.82 Å². The second-order valence-electron chi connectivity index (χ2n) is 10.6. The largest absolute Gasteiger partial charge is 0.497 e. The molecule has 0 radical (unpaired) electrons. The zero-order chi connectivity index (χ0) is 29.8. The lowest BCUT2D eigenvalue weighted by Crippen LogP contribution is -2.39. The van der Waals surface area contributed by atoms with E-state index >= 15 is 4.39 Å². The fourth-order valence-corrected chi connectivity index (χ4v) is 6.34. The van der Waals surface area contributed by atoms with Crippen LogP contribution in [-0.4, -0.2) is 71.6 Å². The molecule has 1 saturated carbocycles. The summed E-state index contributed by atoms with van der Waals surface area (Å²) in [5.74, 6) is 2.36. The van der Waals surface area contributed by atoms with Crippen molar-refractivity contribution in [2.45, 2.75) is 37.8 Å². The van der Waals surface area contributed by atoms with Crippen LogP contribution >= 0.6 is 24.0 Å². The molecule has 0 bridgehead atoms. The maximum atomic E-state index is 15.1. The second-order valence-corrected chi connectivity index (χ2v) is 12.1. The highest BCUT2D eigenvalue weighted by Gasteiger charge is 2.25. The predicted octanol–water partition coefficient (Wildman–Crippen LogP) is 6.51. The maximum Gasteiger partial charge on any atom is 0.227 e. The van der Waals surface area contributed by atoms with Crippen molar-refractivity contribution in [1.29, 1.82) is 0 Å². The summed E-state index contributed by atoms with van der Waals surface area (Å²) in [5, 5.41) is 7.48. The molecule has 3 heterocycles. The van der Waals surface area contributed by atoms with Crippen LogP contribution in [0.2, 0.25) is 0 Å². The van der Waals surface area contributed by atoms with Crippen molar-refractivity contribution in [1.82, 2.24) is 19.9 Å². The zero-order valence-electron chi connectivity index (χ0n) is 24.2. The van der Waals surface area contributed by atoms with Crippen molar-refractivity contribution < 1.29 is 18.6 Å². The van der Waals surface area contributed by atoms with E-state index in [4.69, 9.17) is 24.2 Å². The average molecular weight is 623 g/mol. The van der Waals surface area contributed by atoms with Gasteiger partial charge in [0.25, 0.3) is 0 Å². The van der Waals surface area contributed by atoms with E-state index in [0.29, 0.717) is 34.9 Å². The first kappa shape index (κ1) is 29.5. The van der Waals surface area contributed by atoms with Crippen LogP contribution in [0.15, 0.2) is 48.7 Å². The van der Waals surface area contributed by atoms with Gasteiger partial charge in [-0.05, 0) is 56.0 Å². The van der Waals surface area contributed by atoms with Gasteiger partial charge in [0.1, 0.15) is 17.6 Å². The normalized spacial score (nSPS) is 15.7. The van der Waals surface area contributed by atoms with Crippen molar-refractivity contribution in [2.24, 2.45) is 0 Å². The molecule has 1 aliphatic carbocycles. The Balaban J connectivity index is 1.21. The number of nitrogens with one attached hydrogen (secondary N) is 2. The summed E-state index contributed by atoms with van der Waals surface area (Å²) in [5.41, 5.74) is 2.84. The smallest absolute Gasteiger partial charge is 0.227 e. The molecule has 9 nitrogen and oxygen atoms in total. The van der Waals surface area contributed by atoms with Crippen LogP contribution in [0.1, 0.15) is 25.7 Å². The van der Waals surface area contributed by atoms with E-state index < -0.39 is 5.82 Å². The van der Waals surface area contributed by atoms with Gasteiger partial charge in [0.2, 0.25) is 5.95 Å². The Labute approximate surface area is 260 Å². The molecule has 6 rings (SSSR count). The van der Waals surface area contributed by atoms with Crippen LogP contribution < -0.4 is 24.8 Å². The minimum absolute atomic E-state index is 0.00179. The number of methoxy groups -OCH3 is 2. The van der Waals surface area contributed by atoms with Crippen molar-refractivity contribution in [3.05, 3.63) is 54.5 Å². The lowest BCUT2D eigenvalue weighted by Gasteiger charge is -2.31. The lowest BCUT2D eigenvalue weighted by atomic mass is 10.1. The summed E-state index contributed by atoms with van der Waals surface area (Å²) in [4.78, 5) is 17.3. The van der Waals surface area contributed by atoms with E-state index in [1.807, 2.05) is 24.3 Å². The Hall–Kier alpha value is -3.61. The molecule has 12 heteroatoms. The van der Waals surface area contributed by atoms with Crippen LogP contribution in [0.25, 0.3) is 21.8 Å². The number of likely N-dealkylation sites (tertiary alicyclic amines) is 1. The quantitative estimate of drug-likeness (QED) is 0.153. The Bertz CT molecular complexity index is 1540. The van der Waals surface area contributed by atoms with Gasteiger partial charge in [0.15, 0.2) is 16.7 Å². The van der Waals surface area contributed by atoms with Gasteiger partial charge in [-0.25, -0.2) is 19.3 Å². The van der Waals surface area contributed by atoms with Gasteiger partial charge < -0.3 is 29.7 Å².